The second kappa shape index (κ2) is 24.3. The Morgan fingerprint density at radius 1 is 0.662 bits per heavy atom. The van der Waals surface area contributed by atoms with Gasteiger partial charge in [0.25, 0.3) is 0 Å². The molecule has 3 aromatic carbocycles. The summed E-state index contributed by atoms with van der Waals surface area (Å²) >= 11 is 0. The molecule has 4 aliphatic rings. The predicted molar refractivity (Wildman–Crippen MR) is 293 cm³/mol. The average molecular weight is 918 g/mol. The van der Waals surface area contributed by atoms with Gasteiger partial charge in [-0.25, -0.2) is 0 Å². The number of nitrogens with zero attached hydrogens (tertiary/aromatic N) is 6. The number of hydrogen-bond donors (Lipinski definition) is 0. The Labute approximate surface area is 413 Å². The number of azide groups is 1. The first-order chi connectivity index (χ1) is 33.1. The van der Waals surface area contributed by atoms with Gasteiger partial charge in [0, 0.05) is 83.0 Å². The number of rotatable bonds is 27. The van der Waals surface area contributed by atoms with E-state index in [-0.39, 0.29) is 16.2 Å². The molecule has 0 aromatic heterocycles. The molecule has 2 heterocycles. The molecule has 366 valence electrons. The molecule has 0 unspecified atom stereocenters. The second-order valence-corrected chi connectivity index (χ2v) is 21.9. The maximum absolute atomic E-state index is 8.83. The first kappa shape index (κ1) is 51.3. The van der Waals surface area contributed by atoms with Crippen molar-refractivity contribution in [2.75, 3.05) is 42.5 Å². The summed E-state index contributed by atoms with van der Waals surface area (Å²) in [5.74, 6) is 0. The molecule has 7 rings (SSSR count). The molecule has 6 nitrogen and oxygen atoms in total. The smallest absolute Gasteiger partial charge is 0.209 e. The summed E-state index contributed by atoms with van der Waals surface area (Å²) in [7, 11) is 0. The molecule has 3 aromatic rings. The van der Waals surface area contributed by atoms with Crippen molar-refractivity contribution in [1.82, 2.24) is 0 Å². The summed E-state index contributed by atoms with van der Waals surface area (Å²) in [6.45, 7) is 21.6. The molecule has 1 spiro atoms. The maximum Gasteiger partial charge on any atom is 0.209 e. The van der Waals surface area contributed by atoms with E-state index in [0.717, 1.165) is 58.3 Å². The van der Waals surface area contributed by atoms with Crippen molar-refractivity contribution in [2.24, 2.45) is 5.11 Å². The second-order valence-electron chi connectivity index (χ2n) is 21.9. The molecule has 2 aliphatic carbocycles. The third-order valence-corrected chi connectivity index (χ3v) is 16.4. The zero-order valence-electron chi connectivity index (χ0n) is 43.9. The van der Waals surface area contributed by atoms with E-state index in [0.29, 0.717) is 6.54 Å². The van der Waals surface area contributed by atoms with Gasteiger partial charge in [-0.2, -0.15) is 4.58 Å². The molecule has 68 heavy (non-hydrogen) atoms. The fourth-order valence-corrected chi connectivity index (χ4v) is 12.7. The number of benzene rings is 3. The molecular weight excluding hydrogens is 829 g/mol. The third kappa shape index (κ3) is 11.1. The lowest BCUT2D eigenvalue weighted by Crippen LogP contribution is -2.33. The first-order valence-electron chi connectivity index (χ1n) is 27.8. The van der Waals surface area contributed by atoms with Gasteiger partial charge in [-0.15, -0.1) is 0 Å². The molecule has 0 atom stereocenters. The van der Waals surface area contributed by atoms with E-state index >= 15 is 0 Å². The number of anilines is 2. The lowest BCUT2D eigenvalue weighted by atomic mass is 9.68. The van der Waals surface area contributed by atoms with Crippen LogP contribution >= 0.6 is 0 Å². The topological polar surface area (TPSA) is 58.2 Å². The van der Waals surface area contributed by atoms with Crippen LogP contribution < -0.4 is 9.80 Å². The van der Waals surface area contributed by atoms with E-state index in [9.17, 15) is 0 Å². The zero-order valence-corrected chi connectivity index (χ0v) is 43.9. The quantitative estimate of drug-likeness (QED) is 0.0191. The minimum Gasteiger partial charge on any atom is -0.372 e. The van der Waals surface area contributed by atoms with Gasteiger partial charge in [-0.1, -0.05) is 191 Å². The molecule has 0 radical (unpaired) electrons. The summed E-state index contributed by atoms with van der Waals surface area (Å²) < 4.78 is 2.61. The Hall–Kier alpha value is -4.54. The fourth-order valence-electron chi connectivity index (χ4n) is 12.7. The summed E-state index contributed by atoms with van der Waals surface area (Å²) in [6, 6.07) is 21.7. The van der Waals surface area contributed by atoms with Crippen molar-refractivity contribution in [3.63, 3.8) is 0 Å². The standard InChI is InChI=1S/C62H89N6/c1-8-11-13-14-15-16-17-19-31-46-66(45-30-12-9-2)49-37-40-55-54(48-49)61(6,7)56(67(55)44-10-3)35-23-21-24-36-57-62(41-27-22-28-42-62)53-39-38-52-58(50-33-25-26-34-51(50)60(52,4)5)59(53)68(57)47-32-20-18-29-43-64-65-63/h21,23-26,33-40,48H,8-20,22,27-32,41-47H2,1-7H3/q+1. The normalized spacial score (nSPS) is 17.9. The van der Waals surface area contributed by atoms with Crippen molar-refractivity contribution >= 4 is 22.8 Å². The molecule has 0 N–H and O–H groups in total. The molecule has 0 saturated heterocycles. The lowest BCUT2D eigenvalue weighted by molar-refractivity contribution is -0.437. The summed E-state index contributed by atoms with van der Waals surface area (Å²) in [5.41, 5.74) is 24.7. The molecule has 0 bridgehead atoms. The van der Waals surface area contributed by atoms with Crippen LogP contribution in [0.2, 0.25) is 0 Å². The minimum absolute atomic E-state index is 0.0254. The fraction of sp³-hybridized carbons (Fsp3) is 0.597. The van der Waals surface area contributed by atoms with Crippen LogP contribution in [-0.4, -0.2) is 43.0 Å². The molecule has 2 aliphatic heterocycles. The maximum atomic E-state index is 8.83. The Balaban J connectivity index is 1.15. The van der Waals surface area contributed by atoms with E-state index in [1.165, 1.54) is 165 Å². The third-order valence-electron chi connectivity index (χ3n) is 16.4. The minimum atomic E-state index is -0.0996. The van der Waals surface area contributed by atoms with Crippen LogP contribution in [0.15, 0.2) is 95.8 Å². The van der Waals surface area contributed by atoms with Crippen molar-refractivity contribution in [2.45, 2.75) is 206 Å². The first-order valence-corrected chi connectivity index (χ1v) is 27.8. The molecule has 1 saturated carbocycles. The van der Waals surface area contributed by atoms with E-state index in [2.05, 4.69) is 158 Å². The number of hydrogen-bond acceptors (Lipinski definition) is 3. The largest absolute Gasteiger partial charge is 0.372 e. The zero-order chi connectivity index (χ0) is 48.0. The van der Waals surface area contributed by atoms with Gasteiger partial charge >= 0.3 is 0 Å². The van der Waals surface area contributed by atoms with E-state index < -0.39 is 0 Å². The Morgan fingerprint density at radius 2 is 1.32 bits per heavy atom. The highest BCUT2D eigenvalue weighted by atomic mass is 15.2. The highest BCUT2D eigenvalue weighted by molar-refractivity contribution is 6.03. The van der Waals surface area contributed by atoms with Gasteiger partial charge in [0.15, 0.2) is 5.71 Å². The number of unbranched alkanes of at least 4 members (excludes halogenated alkanes) is 13. The van der Waals surface area contributed by atoms with E-state index in [4.69, 9.17) is 5.53 Å². The van der Waals surface area contributed by atoms with Gasteiger partial charge in [0.2, 0.25) is 5.69 Å². The van der Waals surface area contributed by atoms with Gasteiger partial charge in [-0.3, -0.25) is 0 Å². The van der Waals surface area contributed by atoms with Crippen molar-refractivity contribution in [3.05, 3.63) is 123 Å². The van der Waals surface area contributed by atoms with E-state index in [1.54, 1.807) is 5.56 Å². The molecular formula is C62H89N6+. The lowest BCUT2D eigenvalue weighted by Gasteiger charge is -2.37. The van der Waals surface area contributed by atoms with Crippen molar-refractivity contribution in [1.29, 1.82) is 0 Å². The highest BCUT2D eigenvalue weighted by Crippen LogP contribution is 2.62. The van der Waals surface area contributed by atoms with Gasteiger partial charge in [0.1, 0.15) is 6.54 Å². The SMILES string of the molecule is CCCCCCCCCCCN(CCCCC)c1ccc2c(c1)C(C)(C)C(/C=C/C=C/C=C1/N(CCCCCCN=[N+]=[N-])c3c(ccc4c3-c3ccccc3C4(C)C)C13CCCCC3)=[N+]2CCC. The molecule has 6 heteroatoms. The highest BCUT2D eigenvalue weighted by Gasteiger charge is 2.51. The van der Waals surface area contributed by atoms with Crippen LogP contribution in [-0.2, 0) is 16.2 Å². The van der Waals surface area contributed by atoms with Crippen LogP contribution in [0.1, 0.15) is 212 Å². The van der Waals surface area contributed by atoms with E-state index in [1.807, 2.05) is 0 Å². The Kier molecular flexibility index (Phi) is 18.4. The van der Waals surface area contributed by atoms with Gasteiger partial charge in [0.05, 0.1) is 11.1 Å². The van der Waals surface area contributed by atoms with Crippen LogP contribution in [0, 0.1) is 0 Å². The molecule has 0 amide bonds. The monoisotopic (exact) mass is 918 g/mol. The Morgan fingerprint density at radius 3 is 2.06 bits per heavy atom. The number of fused-ring (bicyclic) bond motifs is 7. The van der Waals surface area contributed by atoms with Crippen molar-refractivity contribution < 1.29 is 4.58 Å². The van der Waals surface area contributed by atoms with Gasteiger partial charge < -0.3 is 9.80 Å². The van der Waals surface area contributed by atoms with Gasteiger partial charge in [-0.05, 0) is 98.4 Å². The molecule has 1 fully saturated rings. The number of allylic oxidation sites excluding steroid dienone is 6. The Bertz CT molecular complexity index is 2310. The summed E-state index contributed by atoms with van der Waals surface area (Å²) in [6.07, 6.45) is 39.7. The summed E-state index contributed by atoms with van der Waals surface area (Å²) in [4.78, 5) is 8.47. The average Bonchev–Trinajstić information content (AvgIpc) is 3.82. The van der Waals surface area contributed by atoms with Crippen LogP contribution in [0.25, 0.3) is 21.6 Å². The predicted octanol–water partition coefficient (Wildman–Crippen LogP) is 17.9. The summed E-state index contributed by atoms with van der Waals surface area (Å²) in [5, 5.41) is 3.81. The van der Waals surface area contributed by atoms with Crippen LogP contribution in [0.5, 0.6) is 0 Å². The van der Waals surface area contributed by atoms with Crippen LogP contribution in [0.3, 0.4) is 0 Å². The van der Waals surface area contributed by atoms with Crippen LogP contribution in [0.4, 0.5) is 17.1 Å². The van der Waals surface area contributed by atoms with Crippen molar-refractivity contribution in [3.8, 4) is 11.1 Å².